The zero-order valence-electron chi connectivity index (χ0n) is 11.2. The van der Waals surface area contributed by atoms with E-state index >= 15 is 0 Å². The molecular weight excluding hydrogens is 236 g/mol. The van der Waals surface area contributed by atoms with Crippen LogP contribution in [0.15, 0.2) is 0 Å². The van der Waals surface area contributed by atoms with E-state index in [1.54, 1.807) is 0 Å². The highest BCUT2D eigenvalue weighted by Crippen LogP contribution is 2.13. The van der Waals surface area contributed by atoms with Crippen LogP contribution in [0.2, 0.25) is 0 Å². The second-order valence-corrected chi connectivity index (χ2v) is 4.44. The summed E-state index contributed by atoms with van der Waals surface area (Å²) in [6, 6.07) is 0. The number of aliphatic carboxylic acids is 1. The maximum absolute atomic E-state index is 11.5. The van der Waals surface area contributed by atoms with Crippen LogP contribution in [0.3, 0.4) is 0 Å². The highest BCUT2D eigenvalue weighted by atomic mass is 16.6. The fourth-order valence-electron chi connectivity index (χ4n) is 1.64. The highest BCUT2D eigenvalue weighted by Gasteiger charge is 2.21. The first-order valence-electron chi connectivity index (χ1n) is 6.61. The first-order valence-corrected chi connectivity index (χ1v) is 6.61. The molecule has 0 heterocycles. The van der Waals surface area contributed by atoms with Crippen molar-refractivity contribution in [1.29, 1.82) is 0 Å². The molecule has 0 bridgehead atoms. The minimum atomic E-state index is -1.33. The normalized spacial score (nSPS) is 13.9. The monoisotopic (exact) mass is 260 g/mol. The fraction of sp³-hybridized carbons (Fsp3) is 0.846. The van der Waals surface area contributed by atoms with Gasteiger partial charge in [0, 0.05) is 6.42 Å². The molecule has 0 amide bonds. The van der Waals surface area contributed by atoms with Crippen molar-refractivity contribution in [3.8, 4) is 0 Å². The quantitative estimate of drug-likeness (QED) is 0.588. The van der Waals surface area contributed by atoms with Crippen LogP contribution in [-0.4, -0.2) is 34.4 Å². The van der Waals surface area contributed by atoms with Gasteiger partial charge in [-0.05, 0) is 19.3 Å². The minimum Gasteiger partial charge on any atom is -0.481 e. The molecule has 0 aliphatic heterocycles. The Morgan fingerprint density at radius 3 is 2.28 bits per heavy atom. The lowest BCUT2D eigenvalue weighted by atomic mass is 10.1. The molecule has 0 rings (SSSR count). The number of carbonyl (C=O) groups excluding carboxylic acids is 1. The van der Waals surface area contributed by atoms with Gasteiger partial charge < -0.3 is 14.9 Å². The average molecular weight is 260 g/mol. The fourth-order valence-corrected chi connectivity index (χ4v) is 1.64. The number of carboxylic acid groups (broad SMARTS) is 1. The van der Waals surface area contributed by atoms with E-state index < -0.39 is 18.0 Å². The number of esters is 1. The number of aliphatic hydroxyl groups excluding tert-OH is 1. The Morgan fingerprint density at radius 2 is 1.78 bits per heavy atom. The molecule has 2 atom stereocenters. The SMILES string of the molecule is CCCCC(CCC)OC(=O)[C@@H](O)CCC(=O)O. The van der Waals surface area contributed by atoms with Crippen molar-refractivity contribution >= 4 is 11.9 Å². The van der Waals surface area contributed by atoms with Crippen molar-refractivity contribution in [3.63, 3.8) is 0 Å². The van der Waals surface area contributed by atoms with Crippen molar-refractivity contribution in [2.75, 3.05) is 0 Å². The zero-order chi connectivity index (χ0) is 14.0. The maximum atomic E-state index is 11.5. The first kappa shape index (κ1) is 16.9. The second-order valence-electron chi connectivity index (χ2n) is 4.44. The van der Waals surface area contributed by atoms with Crippen LogP contribution < -0.4 is 0 Å². The molecule has 0 saturated carbocycles. The standard InChI is InChI=1S/C13H24O5/c1-3-5-7-10(6-4-2)18-13(17)11(14)8-9-12(15)16/h10-11,14H,3-9H2,1-2H3,(H,15,16)/t10?,11-/m0/s1. The average Bonchev–Trinajstić information content (AvgIpc) is 2.33. The van der Waals surface area contributed by atoms with E-state index in [1.807, 2.05) is 6.92 Å². The maximum Gasteiger partial charge on any atom is 0.335 e. The topological polar surface area (TPSA) is 83.8 Å². The van der Waals surface area contributed by atoms with Crippen LogP contribution in [0.25, 0.3) is 0 Å². The van der Waals surface area contributed by atoms with Crippen LogP contribution in [0, 0.1) is 0 Å². The largest absolute Gasteiger partial charge is 0.481 e. The lowest BCUT2D eigenvalue weighted by Gasteiger charge is -2.19. The van der Waals surface area contributed by atoms with Gasteiger partial charge in [-0.1, -0.05) is 33.1 Å². The van der Waals surface area contributed by atoms with E-state index in [9.17, 15) is 14.7 Å². The molecule has 0 radical (unpaired) electrons. The van der Waals surface area contributed by atoms with Gasteiger partial charge in [0.15, 0.2) is 6.10 Å². The predicted octanol–water partition coefficient (Wildman–Crippen LogP) is 2.11. The molecule has 0 spiro atoms. The molecule has 0 aromatic carbocycles. The van der Waals surface area contributed by atoms with Crippen molar-refractivity contribution < 1.29 is 24.5 Å². The molecule has 0 aliphatic carbocycles. The van der Waals surface area contributed by atoms with Crippen molar-refractivity contribution in [3.05, 3.63) is 0 Å². The first-order chi connectivity index (χ1) is 8.51. The third-order valence-corrected chi connectivity index (χ3v) is 2.68. The third-order valence-electron chi connectivity index (χ3n) is 2.68. The van der Waals surface area contributed by atoms with Gasteiger partial charge in [0.25, 0.3) is 0 Å². The molecule has 5 heteroatoms. The summed E-state index contributed by atoms with van der Waals surface area (Å²) in [5.74, 6) is -1.73. The van der Waals surface area contributed by atoms with Crippen LogP contribution >= 0.6 is 0 Å². The molecule has 5 nitrogen and oxygen atoms in total. The minimum absolute atomic E-state index is 0.0964. The van der Waals surface area contributed by atoms with Crippen molar-refractivity contribution in [2.24, 2.45) is 0 Å². The van der Waals surface area contributed by atoms with Gasteiger partial charge in [-0.15, -0.1) is 0 Å². The van der Waals surface area contributed by atoms with Crippen LogP contribution in [0.1, 0.15) is 58.8 Å². The predicted molar refractivity (Wildman–Crippen MR) is 67.2 cm³/mol. The molecule has 2 N–H and O–H groups in total. The summed E-state index contributed by atoms with van der Waals surface area (Å²) in [5.41, 5.74) is 0. The van der Waals surface area contributed by atoms with E-state index in [2.05, 4.69) is 6.92 Å². The lowest BCUT2D eigenvalue weighted by Crippen LogP contribution is -2.28. The summed E-state index contributed by atoms with van der Waals surface area (Å²) in [7, 11) is 0. The Balaban J connectivity index is 4.09. The van der Waals surface area contributed by atoms with Gasteiger partial charge in [-0.25, -0.2) is 4.79 Å². The summed E-state index contributed by atoms with van der Waals surface area (Å²) >= 11 is 0. The number of carbonyl (C=O) groups is 2. The Morgan fingerprint density at radius 1 is 1.11 bits per heavy atom. The summed E-state index contributed by atoms with van der Waals surface area (Å²) < 4.78 is 5.21. The smallest absolute Gasteiger partial charge is 0.335 e. The lowest BCUT2D eigenvalue weighted by molar-refractivity contribution is -0.160. The van der Waals surface area contributed by atoms with E-state index in [4.69, 9.17) is 9.84 Å². The Hall–Kier alpha value is -1.10. The molecule has 0 aliphatic rings. The van der Waals surface area contributed by atoms with Crippen molar-refractivity contribution in [1.82, 2.24) is 0 Å². The van der Waals surface area contributed by atoms with E-state index in [-0.39, 0.29) is 18.9 Å². The molecule has 0 aromatic rings. The number of unbranched alkanes of at least 4 members (excludes halogenated alkanes) is 1. The molecule has 0 saturated heterocycles. The summed E-state index contributed by atoms with van der Waals surface area (Å²) in [5, 5.41) is 17.9. The van der Waals surface area contributed by atoms with Crippen LogP contribution in [0.4, 0.5) is 0 Å². The molecule has 18 heavy (non-hydrogen) atoms. The summed E-state index contributed by atoms with van der Waals surface area (Å²) in [4.78, 5) is 21.9. The van der Waals surface area contributed by atoms with Crippen LogP contribution in [-0.2, 0) is 14.3 Å². The summed E-state index contributed by atoms with van der Waals surface area (Å²) in [6.07, 6.45) is 2.66. The number of hydrogen-bond donors (Lipinski definition) is 2. The van der Waals surface area contributed by atoms with E-state index in [0.29, 0.717) is 0 Å². The number of carboxylic acids is 1. The van der Waals surface area contributed by atoms with Crippen molar-refractivity contribution in [2.45, 2.75) is 71.0 Å². The molecule has 0 aromatic heterocycles. The van der Waals surface area contributed by atoms with Gasteiger partial charge in [0.2, 0.25) is 0 Å². The van der Waals surface area contributed by atoms with E-state index in [1.165, 1.54) is 0 Å². The third kappa shape index (κ3) is 8.06. The Labute approximate surface area is 108 Å². The molecule has 1 unspecified atom stereocenters. The van der Waals surface area contributed by atoms with Gasteiger partial charge >= 0.3 is 11.9 Å². The Bertz CT molecular complexity index is 252. The molecule has 0 fully saturated rings. The number of rotatable bonds is 10. The zero-order valence-corrected chi connectivity index (χ0v) is 11.2. The number of ether oxygens (including phenoxy) is 1. The highest BCUT2D eigenvalue weighted by molar-refractivity contribution is 5.75. The number of hydrogen-bond acceptors (Lipinski definition) is 4. The van der Waals surface area contributed by atoms with E-state index in [0.717, 1.165) is 32.1 Å². The van der Waals surface area contributed by atoms with Gasteiger partial charge in [0.1, 0.15) is 6.10 Å². The molecular formula is C13H24O5. The summed E-state index contributed by atoms with van der Waals surface area (Å²) in [6.45, 7) is 4.07. The van der Waals surface area contributed by atoms with Gasteiger partial charge in [0.05, 0.1) is 0 Å². The second kappa shape index (κ2) is 9.88. The number of aliphatic hydroxyl groups is 1. The Kier molecular flexibility index (Phi) is 9.28. The molecule has 106 valence electrons. The van der Waals surface area contributed by atoms with Gasteiger partial charge in [-0.2, -0.15) is 0 Å². The van der Waals surface area contributed by atoms with Gasteiger partial charge in [-0.3, -0.25) is 4.79 Å². The van der Waals surface area contributed by atoms with Crippen LogP contribution in [0.5, 0.6) is 0 Å².